The molecular weight excluding hydrogens is 636 g/mol. The lowest BCUT2D eigenvalue weighted by Crippen LogP contribution is -2.53. The van der Waals surface area contributed by atoms with E-state index < -0.39 is 63.6 Å². The minimum atomic E-state index is -1.42. The van der Waals surface area contributed by atoms with E-state index in [1.807, 2.05) is 55.5 Å². The molecule has 2 saturated heterocycles. The Hall–Kier alpha value is -6.10. The molecule has 2 N–H and O–H groups in total. The molecule has 8 rings (SSSR count). The largest absolute Gasteiger partial charge is 0.508 e. The number of nitrogens with zero attached hydrogens (tertiary/aromatic N) is 3. The highest BCUT2D eigenvalue weighted by atomic mass is 16.6. The van der Waals surface area contributed by atoms with E-state index in [9.17, 15) is 29.6 Å². The van der Waals surface area contributed by atoms with Crippen molar-refractivity contribution < 1.29 is 29.2 Å². The SMILES string of the molecule is Cc1ccc(NN2C(=O)[C@@H]3C[C@@H]4C(=CC[C@@H]5C(=O)N(c6cccc([N+](=O)[O-])c6)C(=O)[C@@H]54)[C@H](c4ccc(O)cc4)[C@]3(c3ccccc3)C2=O)cc1. The molecule has 0 bridgehead atoms. The summed E-state index contributed by atoms with van der Waals surface area (Å²) in [6, 6.07) is 28.6. The Morgan fingerprint density at radius 2 is 1.56 bits per heavy atom. The van der Waals surface area contributed by atoms with Crippen molar-refractivity contribution in [3.8, 4) is 5.75 Å². The van der Waals surface area contributed by atoms with Crippen LogP contribution in [0.2, 0.25) is 0 Å². The molecule has 11 nitrogen and oxygen atoms in total. The number of nitro benzene ring substituents is 1. The Kier molecular flexibility index (Phi) is 7.18. The highest BCUT2D eigenvalue weighted by Gasteiger charge is 2.70. The molecular formula is C39H32N4O7. The average molecular weight is 669 g/mol. The molecule has 2 aliphatic carbocycles. The zero-order valence-electron chi connectivity index (χ0n) is 26.9. The van der Waals surface area contributed by atoms with Crippen molar-refractivity contribution >= 4 is 40.7 Å². The van der Waals surface area contributed by atoms with Crippen LogP contribution in [0.25, 0.3) is 0 Å². The Morgan fingerprint density at radius 3 is 2.26 bits per heavy atom. The molecule has 0 spiro atoms. The number of carbonyl (C=O) groups excluding carboxylic acids is 4. The first kappa shape index (κ1) is 31.2. The second kappa shape index (κ2) is 11.5. The third kappa shape index (κ3) is 4.49. The van der Waals surface area contributed by atoms with E-state index in [-0.39, 0.29) is 30.0 Å². The van der Waals surface area contributed by atoms with Crippen LogP contribution in [0.15, 0.2) is 115 Å². The summed E-state index contributed by atoms with van der Waals surface area (Å²) in [5, 5.41) is 22.9. The molecule has 2 aliphatic heterocycles. The Morgan fingerprint density at radius 1 is 0.840 bits per heavy atom. The molecule has 4 aromatic carbocycles. The van der Waals surface area contributed by atoms with Gasteiger partial charge in [0.2, 0.25) is 11.8 Å². The molecule has 0 unspecified atom stereocenters. The second-order valence-electron chi connectivity index (χ2n) is 13.5. The molecule has 0 aromatic heterocycles. The molecule has 0 radical (unpaired) electrons. The maximum Gasteiger partial charge on any atom is 0.271 e. The molecule has 1 saturated carbocycles. The molecule has 6 atom stereocenters. The number of benzene rings is 4. The van der Waals surface area contributed by atoms with E-state index in [0.717, 1.165) is 21.0 Å². The van der Waals surface area contributed by atoms with Gasteiger partial charge in [-0.1, -0.05) is 77.9 Å². The molecule has 4 aliphatic rings. The molecule has 4 aromatic rings. The van der Waals surface area contributed by atoms with Crippen molar-refractivity contribution in [2.75, 3.05) is 10.3 Å². The fourth-order valence-corrected chi connectivity index (χ4v) is 8.79. The highest BCUT2D eigenvalue weighted by molar-refractivity contribution is 6.22. The smallest absolute Gasteiger partial charge is 0.271 e. The minimum Gasteiger partial charge on any atom is -0.508 e. The number of aromatic hydroxyl groups is 1. The summed E-state index contributed by atoms with van der Waals surface area (Å²) in [6.07, 6.45) is 2.28. The molecule has 4 amide bonds. The number of nitrogens with one attached hydrogen (secondary N) is 1. The number of phenolic OH excluding ortho intramolecular Hbond substituents is 1. The predicted molar refractivity (Wildman–Crippen MR) is 182 cm³/mol. The average Bonchev–Trinajstić information content (AvgIpc) is 3.51. The summed E-state index contributed by atoms with van der Waals surface area (Å²) in [5.74, 6) is -5.63. The van der Waals surface area contributed by atoms with Gasteiger partial charge in [-0.25, -0.2) is 4.90 Å². The number of hydrogen-bond donors (Lipinski definition) is 2. The van der Waals surface area contributed by atoms with Crippen LogP contribution in [-0.2, 0) is 24.6 Å². The quantitative estimate of drug-likeness (QED) is 0.113. The zero-order valence-corrected chi connectivity index (χ0v) is 26.9. The Balaban J connectivity index is 1.29. The number of fused-ring (bicyclic) bond motifs is 4. The molecule has 2 heterocycles. The number of imide groups is 2. The first-order chi connectivity index (χ1) is 24.1. The van der Waals surface area contributed by atoms with Crippen LogP contribution in [0.3, 0.4) is 0 Å². The number of non-ortho nitro benzene ring substituents is 1. The third-order valence-electron chi connectivity index (χ3n) is 10.9. The van der Waals surface area contributed by atoms with Crippen LogP contribution in [0, 0.1) is 40.7 Å². The lowest BCUT2D eigenvalue weighted by molar-refractivity contribution is -0.384. The van der Waals surface area contributed by atoms with Gasteiger partial charge in [-0.15, -0.1) is 0 Å². The monoisotopic (exact) mass is 668 g/mol. The van der Waals surface area contributed by atoms with Crippen molar-refractivity contribution in [2.24, 2.45) is 23.7 Å². The van der Waals surface area contributed by atoms with Gasteiger partial charge in [0.25, 0.3) is 17.5 Å². The number of carbonyl (C=O) groups is 4. The van der Waals surface area contributed by atoms with E-state index in [0.29, 0.717) is 16.8 Å². The van der Waals surface area contributed by atoms with Crippen LogP contribution >= 0.6 is 0 Å². The van der Waals surface area contributed by atoms with Gasteiger partial charge in [-0.05, 0) is 67.1 Å². The topological polar surface area (TPSA) is 150 Å². The van der Waals surface area contributed by atoms with Gasteiger partial charge < -0.3 is 5.11 Å². The zero-order chi connectivity index (χ0) is 34.9. The maximum atomic E-state index is 15.1. The summed E-state index contributed by atoms with van der Waals surface area (Å²) in [4.78, 5) is 70.2. The van der Waals surface area contributed by atoms with E-state index in [4.69, 9.17) is 0 Å². The standard InChI is InChI=1S/C39H32N4O7/c1-22-10-14-25(15-11-22)40-42-36(46)32-21-31-29(18-19-30-33(31)37(47)41(35(30)45)26-8-5-9-27(20-26)43(49)50)34(23-12-16-28(44)17-13-23)39(32,38(42)48)24-6-3-2-4-7-24/h2-18,20,30-34,40,44H,19,21H2,1H3/t30-,31+,32-,33-,34-,39+/m0/s1. The lowest BCUT2D eigenvalue weighted by atomic mass is 9.49. The van der Waals surface area contributed by atoms with Crippen LogP contribution < -0.4 is 10.3 Å². The number of hydrogen-bond acceptors (Lipinski definition) is 8. The van der Waals surface area contributed by atoms with Crippen molar-refractivity contribution in [1.29, 1.82) is 0 Å². The molecule has 3 fully saturated rings. The summed E-state index contributed by atoms with van der Waals surface area (Å²) in [6.45, 7) is 1.94. The fourth-order valence-electron chi connectivity index (χ4n) is 8.79. The van der Waals surface area contributed by atoms with Gasteiger partial charge in [0.05, 0.1) is 39.5 Å². The van der Waals surface area contributed by atoms with Crippen LogP contribution in [0.1, 0.15) is 35.4 Å². The van der Waals surface area contributed by atoms with E-state index in [1.54, 1.807) is 24.3 Å². The number of aryl methyl sites for hydroxylation is 1. The Bertz CT molecular complexity index is 2110. The summed E-state index contributed by atoms with van der Waals surface area (Å²) < 4.78 is 0. The van der Waals surface area contributed by atoms with Crippen molar-refractivity contribution in [3.05, 3.63) is 142 Å². The van der Waals surface area contributed by atoms with E-state index in [1.165, 1.54) is 36.4 Å². The number of allylic oxidation sites excluding steroid dienone is 2. The molecule has 250 valence electrons. The highest BCUT2D eigenvalue weighted by Crippen LogP contribution is 2.64. The first-order valence-corrected chi connectivity index (χ1v) is 16.5. The van der Waals surface area contributed by atoms with Gasteiger partial charge in [0, 0.05) is 18.1 Å². The summed E-state index contributed by atoms with van der Waals surface area (Å²) >= 11 is 0. The van der Waals surface area contributed by atoms with Gasteiger partial charge in [0.1, 0.15) is 5.75 Å². The molecule has 50 heavy (non-hydrogen) atoms. The van der Waals surface area contributed by atoms with Crippen molar-refractivity contribution in [1.82, 2.24) is 5.01 Å². The predicted octanol–water partition coefficient (Wildman–Crippen LogP) is 5.80. The van der Waals surface area contributed by atoms with E-state index in [2.05, 4.69) is 5.43 Å². The number of hydrazine groups is 1. The number of nitro groups is 1. The van der Waals surface area contributed by atoms with Crippen LogP contribution in [-0.4, -0.2) is 38.7 Å². The second-order valence-corrected chi connectivity index (χ2v) is 13.5. The lowest BCUT2D eigenvalue weighted by Gasteiger charge is -2.50. The van der Waals surface area contributed by atoms with Crippen LogP contribution in [0.5, 0.6) is 5.75 Å². The van der Waals surface area contributed by atoms with Gasteiger partial charge in [0.15, 0.2) is 0 Å². The van der Waals surface area contributed by atoms with Gasteiger partial charge >= 0.3 is 0 Å². The minimum absolute atomic E-state index is 0.0322. The van der Waals surface area contributed by atoms with Crippen molar-refractivity contribution in [3.63, 3.8) is 0 Å². The fraction of sp³-hybridized carbons (Fsp3) is 0.231. The summed E-state index contributed by atoms with van der Waals surface area (Å²) in [5.41, 5.74) is 5.19. The van der Waals surface area contributed by atoms with Crippen molar-refractivity contribution in [2.45, 2.75) is 31.1 Å². The molecule has 11 heteroatoms. The Labute approximate surface area is 286 Å². The number of rotatable bonds is 6. The van der Waals surface area contributed by atoms with Gasteiger partial charge in [-0.2, -0.15) is 5.01 Å². The van der Waals surface area contributed by atoms with E-state index >= 15 is 4.79 Å². The van der Waals surface area contributed by atoms with Crippen LogP contribution in [0.4, 0.5) is 17.1 Å². The maximum absolute atomic E-state index is 15.1. The number of amides is 4. The first-order valence-electron chi connectivity index (χ1n) is 16.5. The normalized spacial score (nSPS) is 27.1. The third-order valence-corrected chi connectivity index (χ3v) is 10.9. The number of anilines is 2. The van der Waals surface area contributed by atoms with Gasteiger partial charge in [-0.3, -0.25) is 34.7 Å². The number of phenols is 1. The summed E-state index contributed by atoms with van der Waals surface area (Å²) in [7, 11) is 0.